The first-order valence-corrected chi connectivity index (χ1v) is 14.0. The highest BCUT2D eigenvalue weighted by Crippen LogP contribution is 2.20. The zero-order valence-corrected chi connectivity index (χ0v) is 23.9. The Bertz CT molecular complexity index is 1320. The summed E-state index contributed by atoms with van der Waals surface area (Å²) in [5.74, 6) is -3.35. The van der Waals surface area contributed by atoms with E-state index in [2.05, 4.69) is 30.9 Å². The van der Waals surface area contributed by atoms with Gasteiger partial charge in [-0.15, -0.1) is 0 Å². The lowest BCUT2D eigenvalue weighted by Crippen LogP contribution is -2.59. The minimum absolute atomic E-state index is 0.0802. The summed E-state index contributed by atoms with van der Waals surface area (Å²) in [7, 11) is 0. The molecule has 0 bridgehead atoms. The van der Waals surface area contributed by atoms with E-state index in [4.69, 9.17) is 5.73 Å². The zero-order valence-electron chi connectivity index (χ0n) is 23.9. The molecule has 0 aliphatic carbocycles. The van der Waals surface area contributed by atoms with Crippen LogP contribution in [0.1, 0.15) is 51.8 Å². The molecule has 41 heavy (non-hydrogen) atoms. The van der Waals surface area contributed by atoms with E-state index in [9.17, 15) is 24.3 Å². The lowest BCUT2D eigenvalue weighted by Gasteiger charge is -2.27. The van der Waals surface area contributed by atoms with Crippen molar-refractivity contribution in [3.8, 4) is 0 Å². The smallest absolute Gasteiger partial charge is 0.326 e. The molecule has 0 radical (unpaired) electrons. The molecule has 6 unspecified atom stereocenters. The summed E-state index contributed by atoms with van der Waals surface area (Å²) in [5, 5.41) is 18.8. The first-order chi connectivity index (χ1) is 19.5. The number of aliphatic carboxylic acids is 1. The maximum Gasteiger partial charge on any atom is 0.326 e. The van der Waals surface area contributed by atoms with Crippen molar-refractivity contribution in [3.05, 3.63) is 54.2 Å². The van der Waals surface area contributed by atoms with Gasteiger partial charge in [-0.25, -0.2) is 9.78 Å². The summed E-state index contributed by atoms with van der Waals surface area (Å²) in [6.07, 6.45) is 6.15. The van der Waals surface area contributed by atoms with E-state index in [0.29, 0.717) is 18.5 Å². The maximum atomic E-state index is 13.7. The second-order valence-corrected chi connectivity index (χ2v) is 10.6. The molecule has 12 nitrogen and oxygen atoms in total. The van der Waals surface area contributed by atoms with Gasteiger partial charge in [-0.2, -0.15) is 0 Å². The summed E-state index contributed by atoms with van der Waals surface area (Å²) in [5.41, 5.74) is 8.35. The van der Waals surface area contributed by atoms with Gasteiger partial charge in [0.2, 0.25) is 17.7 Å². The maximum absolute atomic E-state index is 13.7. The Morgan fingerprint density at radius 1 is 0.902 bits per heavy atom. The molecule has 0 spiro atoms. The monoisotopic (exact) mass is 567 g/mol. The van der Waals surface area contributed by atoms with Gasteiger partial charge in [-0.3, -0.25) is 14.4 Å². The van der Waals surface area contributed by atoms with Crippen LogP contribution < -0.4 is 21.7 Å². The number of nitrogens with two attached hydrogens (primary N) is 1. The number of hydrogen-bond acceptors (Lipinski definition) is 6. The van der Waals surface area contributed by atoms with Gasteiger partial charge in [0.05, 0.1) is 12.4 Å². The number of rotatable bonds is 15. The van der Waals surface area contributed by atoms with Crippen molar-refractivity contribution in [2.45, 2.75) is 77.5 Å². The van der Waals surface area contributed by atoms with E-state index in [-0.39, 0.29) is 24.7 Å². The molecule has 2 heterocycles. The summed E-state index contributed by atoms with van der Waals surface area (Å²) < 4.78 is 0. The van der Waals surface area contributed by atoms with Crippen LogP contribution in [0.15, 0.2) is 43.0 Å². The molecule has 0 aliphatic rings. The minimum Gasteiger partial charge on any atom is -0.480 e. The van der Waals surface area contributed by atoms with E-state index < -0.39 is 47.9 Å². The molecular formula is C29H41N7O5. The van der Waals surface area contributed by atoms with Crippen LogP contribution >= 0.6 is 0 Å². The Kier molecular flexibility index (Phi) is 11.0. The molecule has 2 aromatic heterocycles. The van der Waals surface area contributed by atoms with Crippen LogP contribution in [0.4, 0.5) is 0 Å². The number of imidazole rings is 1. The van der Waals surface area contributed by atoms with E-state index in [0.717, 1.165) is 16.5 Å². The quantitative estimate of drug-likeness (QED) is 0.145. The Morgan fingerprint density at radius 3 is 2.17 bits per heavy atom. The molecule has 0 saturated carbocycles. The van der Waals surface area contributed by atoms with Crippen LogP contribution in [0.5, 0.6) is 0 Å². The average molecular weight is 568 g/mol. The Balaban J connectivity index is 1.90. The number of carbonyl (C=O) groups is 4. The number of amides is 3. The van der Waals surface area contributed by atoms with Crippen LogP contribution in [-0.2, 0) is 32.0 Å². The third-order valence-electron chi connectivity index (χ3n) is 7.68. The molecular weight excluding hydrogens is 526 g/mol. The molecule has 3 aromatic rings. The zero-order chi connectivity index (χ0) is 30.1. The van der Waals surface area contributed by atoms with Crippen molar-refractivity contribution in [2.24, 2.45) is 17.6 Å². The predicted molar refractivity (Wildman–Crippen MR) is 155 cm³/mol. The molecule has 8 N–H and O–H groups in total. The highest BCUT2D eigenvalue weighted by atomic mass is 16.4. The number of aromatic nitrogens is 3. The predicted octanol–water partition coefficient (Wildman–Crippen LogP) is 1.63. The van der Waals surface area contributed by atoms with Gasteiger partial charge in [0.15, 0.2) is 0 Å². The second kappa shape index (κ2) is 14.4. The Labute approximate surface area is 239 Å². The highest BCUT2D eigenvalue weighted by molar-refractivity contribution is 5.95. The molecule has 3 rings (SSSR count). The molecule has 6 atom stereocenters. The molecule has 0 fully saturated rings. The number of H-pyrrole nitrogens is 2. The number of para-hydroxylation sites is 1. The van der Waals surface area contributed by atoms with Gasteiger partial charge in [0.25, 0.3) is 0 Å². The molecule has 12 heteroatoms. The summed E-state index contributed by atoms with van der Waals surface area (Å²) in [6.45, 7) is 7.35. The number of aromatic amines is 2. The van der Waals surface area contributed by atoms with Gasteiger partial charge in [-0.05, 0) is 23.5 Å². The molecule has 1 aromatic carbocycles. The van der Waals surface area contributed by atoms with E-state index >= 15 is 0 Å². The molecule has 3 amide bonds. The van der Waals surface area contributed by atoms with Gasteiger partial charge in [0, 0.05) is 41.8 Å². The van der Waals surface area contributed by atoms with Crippen molar-refractivity contribution in [1.29, 1.82) is 0 Å². The summed E-state index contributed by atoms with van der Waals surface area (Å²) in [6, 6.07) is 3.38. The number of carboxylic acid groups (broad SMARTS) is 1. The fourth-order valence-corrected chi connectivity index (χ4v) is 4.54. The standard InChI is InChI=1S/C29H41N7O5/c1-5-16(3)24(30)28(39)35-23(12-19-14-31-15-33-19)26(37)34-22(27(38)36-25(29(40)41)17(4)6-2)11-18-13-32-21-10-8-7-9-20(18)21/h7-10,13-17,22-25,32H,5-6,11-12,30H2,1-4H3,(H,31,33)(H,34,37)(H,35,39)(H,36,38)(H,40,41). The number of benzene rings is 1. The van der Waals surface area contributed by atoms with Gasteiger partial charge in [0.1, 0.15) is 18.1 Å². The molecule has 0 aliphatic heterocycles. The van der Waals surface area contributed by atoms with E-state index in [1.54, 1.807) is 19.3 Å². The number of nitrogens with one attached hydrogen (secondary N) is 5. The number of carbonyl (C=O) groups excluding carboxylic acids is 3. The lowest BCUT2D eigenvalue weighted by atomic mass is 9.97. The van der Waals surface area contributed by atoms with Gasteiger partial charge in [-0.1, -0.05) is 58.7 Å². The fourth-order valence-electron chi connectivity index (χ4n) is 4.54. The van der Waals surface area contributed by atoms with Crippen LogP contribution in [-0.4, -0.2) is 67.9 Å². The van der Waals surface area contributed by atoms with Crippen LogP contribution in [0.2, 0.25) is 0 Å². The van der Waals surface area contributed by atoms with E-state index in [1.165, 1.54) is 6.33 Å². The topological polar surface area (TPSA) is 195 Å². The molecule has 222 valence electrons. The summed E-state index contributed by atoms with van der Waals surface area (Å²) in [4.78, 5) is 62.2. The number of carboxylic acids is 1. The average Bonchev–Trinajstić information content (AvgIpc) is 3.63. The third kappa shape index (κ3) is 8.16. The normalized spacial score (nSPS) is 15.7. The second-order valence-electron chi connectivity index (χ2n) is 10.6. The largest absolute Gasteiger partial charge is 0.480 e. The Morgan fingerprint density at radius 2 is 1.54 bits per heavy atom. The highest BCUT2D eigenvalue weighted by Gasteiger charge is 2.33. The van der Waals surface area contributed by atoms with Crippen molar-refractivity contribution in [1.82, 2.24) is 30.9 Å². The third-order valence-corrected chi connectivity index (χ3v) is 7.68. The first kappa shape index (κ1) is 31.3. The number of hydrogen-bond donors (Lipinski definition) is 7. The number of nitrogens with zero attached hydrogens (tertiary/aromatic N) is 1. The van der Waals surface area contributed by atoms with Crippen LogP contribution in [0.3, 0.4) is 0 Å². The van der Waals surface area contributed by atoms with Crippen molar-refractivity contribution in [3.63, 3.8) is 0 Å². The SMILES string of the molecule is CCC(C)C(N)C(=O)NC(Cc1cnc[nH]1)C(=O)NC(Cc1c[nH]c2ccccc12)C(=O)NC(C(=O)O)C(C)CC. The minimum atomic E-state index is -1.16. The van der Waals surface area contributed by atoms with Gasteiger partial charge < -0.3 is 36.8 Å². The number of fused-ring (bicyclic) bond motifs is 1. The van der Waals surface area contributed by atoms with Crippen molar-refractivity contribution < 1.29 is 24.3 Å². The van der Waals surface area contributed by atoms with Crippen molar-refractivity contribution in [2.75, 3.05) is 0 Å². The van der Waals surface area contributed by atoms with Gasteiger partial charge >= 0.3 is 5.97 Å². The van der Waals surface area contributed by atoms with Crippen molar-refractivity contribution >= 4 is 34.6 Å². The summed E-state index contributed by atoms with van der Waals surface area (Å²) >= 11 is 0. The van der Waals surface area contributed by atoms with Crippen LogP contribution in [0.25, 0.3) is 10.9 Å². The molecule has 0 saturated heterocycles. The lowest BCUT2D eigenvalue weighted by molar-refractivity contribution is -0.143. The Hall–Kier alpha value is -4.19. The van der Waals surface area contributed by atoms with Crippen LogP contribution in [0, 0.1) is 11.8 Å². The fraction of sp³-hybridized carbons (Fsp3) is 0.483. The first-order valence-electron chi connectivity index (χ1n) is 14.0. The van der Waals surface area contributed by atoms with E-state index in [1.807, 2.05) is 45.0 Å².